The highest BCUT2D eigenvalue weighted by atomic mass is 16.7. The van der Waals surface area contributed by atoms with Gasteiger partial charge in [-0.25, -0.2) is 0 Å². The van der Waals surface area contributed by atoms with Crippen molar-refractivity contribution in [1.82, 2.24) is 4.90 Å². The number of carbonyl (C=O) groups is 2. The highest BCUT2D eigenvalue weighted by Gasteiger charge is 2.49. The van der Waals surface area contributed by atoms with E-state index in [-0.39, 0.29) is 17.8 Å². The lowest BCUT2D eigenvalue weighted by Gasteiger charge is -2.46. The number of cyclic esters (lactones) is 1. The van der Waals surface area contributed by atoms with Crippen molar-refractivity contribution >= 4 is 11.8 Å². The fraction of sp³-hybridized carbons (Fsp3) is 0.933. The average molecular weight is 558 g/mol. The summed E-state index contributed by atoms with van der Waals surface area (Å²) in [6, 6.07) is 0.303. The van der Waals surface area contributed by atoms with E-state index in [0.717, 1.165) is 6.42 Å². The van der Waals surface area contributed by atoms with Gasteiger partial charge < -0.3 is 34.1 Å². The van der Waals surface area contributed by atoms with Crippen LogP contribution in [0, 0.1) is 23.7 Å². The number of ether oxygens (including phenoxy) is 4. The molecule has 2 fully saturated rings. The van der Waals surface area contributed by atoms with E-state index >= 15 is 0 Å². The lowest BCUT2D eigenvalue weighted by atomic mass is 9.74. The van der Waals surface area contributed by atoms with Crippen molar-refractivity contribution in [2.75, 3.05) is 21.2 Å². The Morgan fingerprint density at radius 3 is 2.18 bits per heavy atom. The second kappa shape index (κ2) is 13.7. The van der Waals surface area contributed by atoms with Crippen LogP contribution in [0.5, 0.6) is 0 Å². The third kappa shape index (κ3) is 8.01. The van der Waals surface area contributed by atoms with Crippen molar-refractivity contribution in [3.8, 4) is 0 Å². The minimum Gasteiger partial charge on any atom is -0.459 e. The number of aliphatic hydroxyl groups excluding tert-OH is 1. The number of esters is 1. The Hall–Kier alpha value is -1.10. The molecule has 12 atom stereocenters. The molecule has 0 bridgehead atoms. The fourth-order valence-corrected chi connectivity index (χ4v) is 6.60. The number of methoxy groups -OCH3 is 1. The van der Waals surface area contributed by atoms with Gasteiger partial charge in [0.2, 0.25) is 0 Å². The molecule has 0 spiro atoms. The van der Waals surface area contributed by atoms with Gasteiger partial charge in [-0.05, 0) is 66.5 Å². The fourth-order valence-electron chi connectivity index (χ4n) is 6.60. The standard InChI is InChI=1S/C30H55NO8/c1-12-23-30(8,35)26(33)21(6)25(32)19(4)16-29(7,36-11)27(17(2)13-18(3)28(34)38-23)39-24-15-22(31(9)10)14-20(5)37-24/h17-24,26-27,33,35H,12-16H2,1-11H3/t17-,18?,19+,20?,21?,22?,23+,24?,26?,27+,29?,30?/m0/s1. The number of hydrogen-bond donors (Lipinski definition) is 2. The van der Waals surface area contributed by atoms with Crippen LogP contribution in [0.25, 0.3) is 0 Å². The largest absolute Gasteiger partial charge is 0.459 e. The molecular weight excluding hydrogens is 502 g/mol. The van der Waals surface area contributed by atoms with Crippen molar-refractivity contribution in [3.63, 3.8) is 0 Å². The molecule has 228 valence electrons. The van der Waals surface area contributed by atoms with Crippen LogP contribution in [-0.2, 0) is 28.5 Å². The van der Waals surface area contributed by atoms with Crippen LogP contribution >= 0.6 is 0 Å². The van der Waals surface area contributed by atoms with E-state index in [1.54, 1.807) is 27.9 Å². The van der Waals surface area contributed by atoms with Crippen LogP contribution < -0.4 is 0 Å². The van der Waals surface area contributed by atoms with E-state index < -0.39 is 59.5 Å². The van der Waals surface area contributed by atoms with E-state index in [1.165, 1.54) is 6.92 Å². The second-order valence-corrected chi connectivity index (χ2v) is 13.0. The number of hydrogen-bond acceptors (Lipinski definition) is 9. The smallest absolute Gasteiger partial charge is 0.309 e. The van der Waals surface area contributed by atoms with Crippen molar-refractivity contribution in [3.05, 3.63) is 0 Å². The zero-order chi connectivity index (χ0) is 29.9. The van der Waals surface area contributed by atoms with Crippen LogP contribution in [0.4, 0.5) is 0 Å². The number of carbonyl (C=O) groups excluding carboxylic acids is 2. The van der Waals surface area contributed by atoms with Gasteiger partial charge in [0, 0.05) is 31.4 Å². The molecule has 0 aliphatic carbocycles. The van der Waals surface area contributed by atoms with Gasteiger partial charge in [-0.1, -0.05) is 34.6 Å². The van der Waals surface area contributed by atoms with Crippen molar-refractivity contribution in [2.24, 2.45) is 23.7 Å². The number of ketones is 1. The van der Waals surface area contributed by atoms with Crippen molar-refractivity contribution in [1.29, 1.82) is 0 Å². The Morgan fingerprint density at radius 2 is 1.64 bits per heavy atom. The van der Waals surface area contributed by atoms with E-state index in [4.69, 9.17) is 18.9 Å². The monoisotopic (exact) mass is 557 g/mol. The molecule has 2 aliphatic heterocycles. The summed E-state index contributed by atoms with van der Waals surface area (Å²) in [7, 11) is 5.73. The summed E-state index contributed by atoms with van der Waals surface area (Å²) in [4.78, 5) is 28.9. The average Bonchev–Trinajstić information content (AvgIpc) is 2.87. The van der Waals surface area contributed by atoms with Crippen molar-refractivity contribution in [2.45, 2.75) is 135 Å². The van der Waals surface area contributed by atoms with Gasteiger partial charge in [0.1, 0.15) is 17.5 Å². The van der Waals surface area contributed by atoms with Crippen LogP contribution in [0.15, 0.2) is 0 Å². The summed E-state index contributed by atoms with van der Waals surface area (Å²) in [6.07, 6.45) is -0.607. The molecule has 0 radical (unpaired) electrons. The van der Waals surface area contributed by atoms with E-state index in [1.807, 2.05) is 27.7 Å². The third-order valence-electron chi connectivity index (χ3n) is 9.19. The van der Waals surface area contributed by atoms with Crippen LogP contribution in [0.1, 0.15) is 87.5 Å². The zero-order valence-corrected chi connectivity index (χ0v) is 26.1. The molecule has 0 aromatic heterocycles. The second-order valence-electron chi connectivity index (χ2n) is 13.0. The molecule has 2 heterocycles. The molecule has 39 heavy (non-hydrogen) atoms. The first-order chi connectivity index (χ1) is 18.0. The SMILES string of the molecule is CC[C@H]1OC(=O)C(C)C[C@H](C)[C@@H](OC2CC(N(C)C)CC(C)O2)C(C)(OC)C[C@@H](C)C(=O)C(C)C(O)C1(C)O. The minimum absolute atomic E-state index is 0.0225. The number of Topliss-reactive ketones (excluding diaryl/α,β-unsaturated/α-hetero) is 1. The highest BCUT2D eigenvalue weighted by Crippen LogP contribution is 2.38. The Labute approximate surface area is 235 Å². The molecule has 2 rings (SSSR count). The molecule has 9 nitrogen and oxygen atoms in total. The predicted molar refractivity (Wildman–Crippen MR) is 149 cm³/mol. The maximum absolute atomic E-state index is 13.6. The van der Waals surface area contributed by atoms with Crippen LogP contribution in [0.2, 0.25) is 0 Å². The first-order valence-electron chi connectivity index (χ1n) is 14.6. The summed E-state index contributed by atoms with van der Waals surface area (Å²) >= 11 is 0. The molecule has 9 heteroatoms. The topological polar surface area (TPSA) is 115 Å². The van der Waals surface area contributed by atoms with Gasteiger partial charge in [0.15, 0.2) is 6.29 Å². The van der Waals surface area contributed by atoms with E-state index in [0.29, 0.717) is 31.7 Å². The Balaban J connectivity index is 2.49. The maximum Gasteiger partial charge on any atom is 0.309 e. The van der Waals surface area contributed by atoms with Gasteiger partial charge in [-0.3, -0.25) is 9.59 Å². The summed E-state index contributed by atoms with van der Waals surface area (Å²) in [5.41, 5.74) is -2.68. The molecule has 2 saturated heterocycles. The molecule has 0 saturated carbocycles. The quantitative estimate of drug-likeness (QED) is 0.490. The lowest BCUT2D eigenvalue weighted by Crippen LogP contribution is -2.57. The van der Waals surface area contributed by atoms with Crippen LogP contribution in [-0.4, -0.2) is 96.0 Å². The van der Waals surface area contributed by atoms with E-state index in [2.05, 4.69) is 19.0 Å². The summed E-state index contributed by atoms with van der Waals surface area (Å²) in [6.45, 7) is 14.5. The predicted octanol–water partition coefficient (Wildman–Crippen LogP) is 3.57. The molecule has 0 amide bonds. The van der Waals surface area contributed by atoms with Gasteiger partial charge in [0.25, 0.3) is 0 Å². The number of aliphatic hydroxyl groups is 2. The first-order valence-corrected chi connectivity index (χ1v) is 14.6. The van der Waals surface area contributed by atoms with Gasteiger partial charge >= 0.3 is 5.97 Å². The van der Waals surface area contributed by atoms with Crippen LogP contribution in [0.3, 0.4) is 0 Å². The molecule has 8 unspecified atom stereocenters. The molecule has 2 N–H and O–H groups in total. The lowest BCUT2D eigenvalue weighted by molar-refractivity contribution is -0.265. The van der Waals surface area contributed by atoms with Gasteiger partial charge in [0.05, 0.1) is 29.8 Å². The Kier molecular flexibility index (Phi) is 12.0. The zero-order valence-electron chi connectivity index (χ0n) is 26.1. The van der Waals surface area contributed by atoms with E-state index in [9.17, 15) is 19.8 Å². The van der Waals surface area contributed by atoms with Crippen molar-refractivity contribution < 1.29 is 38.7 Å². The first kappa shape index (κ1) is 34.1. The van der Waals surface area contributed by atoms with Gasteiger partial charge in [-0.15, -0.1) is 0 Å². The Bertz CT molecular complexity index is 819. The third-order valence-corrected chi connectivity index (χ3v) is 9.19. The normalized spacial score (nSPS) is 45.6. The summed E-state index contributed by atoms with van der Waals surface area (Å²) < 4.78 is 24.8. The number of rotatable bonds is 5. The minimum atomic E-state index is -1.79. The highest BCUT2D eigenvalue weighted by molar-refractivity contribution is 5.83. The number of nitrogens with zero attached hydrogens (tertiary/aromatic N) is 1. The molecule has 0 aromatic carbocycles. The summed E-state index contributed by atoms with van der Waals surface area (Å²) in [5.74, 6) is -2.67. The molecular formula is C30H55NO8. The summed E-state index contributed by atoms with van der Waals surface area (Å²) in [5, 5.41) is 22.4. The van der Waals surface area contributed by atoms with Gasteiger partial charge in [-0.2, -0.15) is 0 Å². The Morgan fingerprint density at radius 1 is 1.03 bits per heavy atom. The molecule has 0 aromatic rings. The maximum atomic E-state index is 13.6. The molecule has 2 aliphatic rings.